The van der Waals surface area contributed by atoms with Crippen molar-refractivity contribution in [2.24, 2.45) is 0 Å². The highest BCUT2D eigenvalue weighted by Crippen LogP contribution is 2.24. The SMILES string of the molecule is O=c1[nH]c(CNc2ncnc3ccsc23)cs1. The Morgan fingerprint density at radius 1 is 1.35 bits per heavy atom. The van der Waals surface area contributed by atoms with Gasteiger partial charge >= 0.3 is 4.87 Å². The molecular weight excluding hydrogens is 256 g/mol. The lowest BCUT2D eigenvalue weighted by Crippen LogP contribution is -2.04. The second-order valence-corrected chi connectivity index (χ2v) is 5.14. The lowest BCUT2D eigenvalue weighted by Gasteiger charge is -2.03. The summed E-state index contributed by atoms with van der Waals surface area (Å²) in [5.41, 5.74) is 1.80. The van der Waals surface area contributed by atoms with Crippen LogP contribution in [0.4, 0.5) is 5.82 Å². The summed E-state index contributed by atoms with van der Waals surface area (Å²) >= 11 is 2.76. The summed E-state index contributed by atoms with van der Waals surface area (Å²) in [5.74, 6) is 0.803. The second kappa shape index (κ2) is 4.27. The number of anilines is 1. The zero-order chi connectivity index (χ0) is 11.7. The van der Waals surface area contributed by atoms with Crippen LogP contribution in [0.5, 0.6) is 0 Å². The van der Waals surface area contributed by atoms with Gasteiger partial charge in [0, 0.05) is 11.1 Å². The molecule has 0 bridgehead atoms. The van der Waals surface area contributed by atoms with Gasteiger partial charge in [0.05, 0.1) is 16.8 Å². The molecule has 0 saturated carbocycles. The molecule has 86 valence electrons. The van der Waals surface area contributed by atoms with E-state index in [0.717, 1.165) is 33.1 Å². The summed E-state index contributed by atoms with van der Waals surface area (Å²) in [4.78, 5) is 22.1. The first-order valence-corrected chi connectivity index (χ1v) is 6.67. The van der Waals surface area contributed by atoms with Crippen molar-refractivity contribution in [3.05, 3.63) is 38.5 Å². The normalized spacial score (nSPS) is 10.8. The standard InChI is InChI=1S/C10H8N4OS2/c15-10-14-6(4-17-10)3-11-9-8-7(1-2-16-8)12-5-13-9/h1-2,4-5H,3H2,(H,14,15)(H,11,12,13). The van der Waals surface area contributed by atoms with Crippen molar-refractivity contribution < 1.29 is 0 Å². The number of aromatic amines is 1. The molecule has 0 aromatic carbocycles. The van der Waals surface area contributed by atoms with Crippen LogP contribution in [0.1, 0.15) is 5.69 Å². The Morgan fingerprint density at radius 2 is 2.29 bits per heavy atom. The van der Waals surface area contributed by atoms with Crippen LogP contribution in [-0.4, -0.2) is 15.0 Å². The van der Waals surface area contributed by atoms with Crippen LogP contribution in [0.3, 0.4) is 0 Å². The number of fused-ring (bicyclic) bond motifs is 1. The van der Waals surface area contributed by atoms with Gasteiger partial charge < -0.3 is 10.3 Å². The fourth-order valence-electron chi connectivity index (χ4n) is 1.49. The summed E-state index contributed by atoms with van der Waals surface area (Å²) < 4.78 is 1.03. The molecule has 0 atom stereocenters. The molecule has 0 aliphatic rings. The molecule has 0 spiro atoms. The number of thiazole rings is 1. The average molecular weight is 264 g/mol. The topological polar surface area (TPSA) is 70.7 Å². The first kappa shape index (κ1) is 10.4. The van der Waals surface area contributed by atoms with Crippen molar-refractivity contribution in [2.45, 2.75) is 6.54 Å². The highest BCUT2D eigenvalue weighted by molar-refractivity contribution is 7.17. The van der Waals surface area contributed by atoms with Crippen molar-refractivity contribution in [3.63, 3.8) is 0 Å². The van der Waals surface area contributed by atoms with Crippen molar-refractivity contribution >= 4 is 38.7 Å². The third kappa shape index (κ3) is 2.06. The number of hydrogen-bond donors (Lipinski definition) is 2. The van der Waals surface area contributed by atoms with Crippen LogP contribution in [-0.2, 0) is 6.54 Å². The van der Waals surface area contributed by atoms with E-state index in [4.69, 9.17) is 0 Å². The highest BCUT2D eigenvalue weighted by Gasteiger charge is 2.04. The zero-order valence-corrected chi connectivity index (χ0v) is 10.3. The molecule has 17 heavy (non-hydrogen) atoms. The Labute approximate surface area is 104 Å². The smallest absolute Gasteiger partial charge is 0.304 e. The maximum atomic E-state index is 11.0. The molecule has 0 aliphatic carbocycles. The van der Waals surface area contributed by atoms with Gasteiger partial charge in [-0.25, -0.2) is 9.97 Å². The van der Waals surface area contributed by atoms with E-state index in [1.807, 2.05) is 16.8 Å². The lowest BCUT2D eigenvalue weighted by molar-refractivity contribution is 1.04. The van der Waals surface area contributed by atoms with Gasteiger partial charge in [0.15, 0.2) is 0 Å². The van der Waals surface area contributed by atoms with Crippen molar-refractivity contribution in [1.82, 2.24) is 15.0 Å². The third-order valence-electron chi connectivity index (χ3n) is 2.26. The van der Waals surface area contributed by atoms with Gasteiger partial charge in [-0.15, -0.1) is 11.3 Å². The van der Waals surface area contributed by atoms with Crippen molar-refractivity contribution in [3.8, 4) is 0 Å². The third-order valence-corrected chi connectivity index (χ3v) is 3.89. The average Bonchev–Trinajstić information content (AvgIpc) is 2.94. The molecule has 0 radical (unpaired) electrons. The number of nitrogens with zero attached hydrogens (tertiary/aromatic N) is 2. The van der Waals surface area contributed by atoms with Gasteiger partial charge in [0.1, 0.15) is 12.1 Å². The summed E-state index contributed by atoms with van der Waals surface area (Å²) in [5, 5.41) is 6.99. The molecule has 0 unspecified atom stereocenters. The molecule has 3 rings (SSSR count). The predicted octanol–water partition coefficient (Wildman–Crippen LogP) is 2.05. The Kier molecular flexibility index (Phi) is 2.62. The molecule has 0 amide bonds. The van der Waals surface area contributed by atoms with E-state index < -0.39 is 0 Å². The van der Waals surface area contributed by atoms with Gasteiger partial charge in [-0.3, -0.25) is 4.79 Å². The fraction of sp³-hybridized carbons (Fsp3) is 0.100. The molecule has 7 heteroatoms. The van der Waals surface area contributed by atoms with E-state index in [-0.39, 0.29) is 4.87 Å². The van der Waals surface area contributed by atoms with Gasteiger partial charge in [-0.1, -0.05) is 11.3 Å². The number of aromatic nitrogens is 3. The Balaban J connectivity index is 1.85. The van der Waals surface area contributed by atoms with Gasteiger partial charge in [0.25, 0.3) is 0 Å². The van der Waals surface area contributed by atoms with Crippen LogP contribution in [0.2, 0.25) is 0 Å². The fourth-order valence-corrected chi connectivity index (χ4v) is 2.89. The van der Waals surface area contributed by atoms with Gasteiger partial charge in [0.2, 0.25) is 0 Å². The quantitative estimate of drug-likeness (QED) is 0.759. The monoisotopic (exact) mass is 264 g/mol. The van der Waals surface area contributed by atoms with Crippen LogP contribution >= 0.6 is 22.7 Å². The molecule has 0 fully saturated rings. The lowest BCUT2D eigenvalue weighted by atomic mass is 10.4. The van der Waals surface area contributed by atoms with Crippen molar-refractivity contribution in [1.29, 1.82) is 0 Å². The van der Waals surface area contributed by atoms with E-state index in [1.54, 1.807) is 11.3 Å². The Bertz CT molecular complexity index is 699. The minimum Gasteiger partial charge on any atom is -0.363 e. The molecule has 3 aromatic rings. The minimum absolute atomic E-state index is 0.0363. The number of hydrogen-bond acceptors (Lipinski definition) is 6. The summed E-state index contributed by atoms with van der Waals surface area (Å²) in [7, 11) is 0. The maximum absolute atomic E-state index is 11.0. The van der Waals surface area contributed by atoms with E-state index in [2.05, 4.69) is 20.3 Å². The Hall–Kier alpha value is -1.73. The van der Waals surface area contributed by atoms with E-state index in [0.29, 0.717) is 6.54 Å². The molecule has 5 nitrogen and oxygen atoms in total. The van der Waals surface area contributed by atoms with Crippen molar-refractivity contribution in [2.75, 3.05) is 5.32 Å². The maximum Gasteiger partial charge on any atom is 0.304 e. The summed E-state index contributed by atoms with van der Waals surface area (Å²) in [6.07, 6.45) is 1.54. The van der Waals surface area contributed by atoms with E-state index in [1.165, 1.54) is 6.33 Å². The summed E-state index contributed by atoms with van der Waals surface area (Å²) in [6, 6.07) is 1.96. The molecule has 2 N–H and O–H groups in total. The molecule has 0 aliphatic heterocycles. The predicted molar refractivity (Wildman–Crippen MR) is 69.7 cm³/mol. The minimum atomic E-state index is -0.0363. The van der Waals surface area contributed by atoms with Crippen LogP contribution < -0.4 is 10.2 Å². The first-order valence-electron chi connectivity index (χ1n) is 4.92. The number of rotatable bonds is 3. The first-order chi connectivity index (χ1) is 8.33. The summed E-state index contributed by atoms with van der Waals surface area (Å²) in [6.45, 7) is 0.558. The molecule has 0 saturated heterocycles. The van der Waals surface area contributed by atoms with Gasteiger partial charge in [-0.05, 0) is 11.4 Å². The van der Waals surface area contributed by atoms with Crippen LogP contribution in [0, 0.1) is 0 Å². The molecule has 3 aromatic heterocycles. The second-order valence-electron chi connectivity index (χ2n) is 3.38. The number of nitrogens with one attached hydrogen (secondary N) is 2. The molecule has 3 heterocycles. The van der Waals surface area contributed by atoms with Crippen LogP contribution in [0.25, 0.3) is 10.2 Å². The Morgan fingerprint density at radius 3 is 3.12 bits per heavy atom. The number of thiophene rings is 1. The van der Waals surface area contributed by atoms with Crippen LogP contribution in [0.15, 0.2) is 27.9 Å². The number of H-pyrrole nitrogens is 1. The van der Waals surface area contributed by atoms with Gasteiger partial charge in [-0.2, -0.15) is 0 Å². The molecular formula is C10H8N4OS2. The largest absolute Gasteiger partial charge is 0.363 e. The zero-order valence-electron chi connectivity index (χ0n) is 8.64. The highest BCUT2D eigenvalue weighted by atomic mass is 32.1. The van der Waals surface area contributed by atoms with E-state index >= 15 is 0 Å². The van der Waals surface area contributed by atoms with E-state index in [9.17, 15) is 4.79 Å².